The summed E-state index contributed by atoms with van der Waals surface area (Å²) >= 11 is 6.40. The number of halogens is 1. The minimum Gasteiger partial charge on any atom is -0.493 e. The summed E-state index contributed by atoms with van der Waals surface area (Å²) in [6.07, 6.45) is 2.23. The Morgan fingerprint density at radius 3 is 2.69 bits per heavy atom. The van der Waals surface area contributed by atoms with Gasteiger partial charge in [0.2, 0.25) is 0 Å². The molecule has 1 unspecified atom stereocenters. The SMILES string of the molecule is COc1cccc([C@H]2O[C@H](CCC(C)C(=O)O)c3cccn3-c3ccc(Cl)cc32)c1OC. The first-order chi connectivity index (χ1) is 15.4. The zero-order valence-electron chi connectivity index (χ0n) is 18.2. The standard InChI is InChI=1S/C25H26ClNO5/c1-15(25(28)29)9-12-21-20-7-5-13-27(20)19-11-10-16(26)14-18(19)23(32-21)17-6-4-8-22(30-2)24(17)31-3/h4-8,10-11,13-15,21,23H,9,12H2,1-3H3,(H,28,29)/t15?,21-,23-/m1/s1. The molecule has 168 valence electrons. The third-order valence-electron chi connectivity index (χ3n) is 5.94. The maximum absolute atomic E-state index is 11.4. The van der Waals surface area contributed by atoms with Crippen molar-refractivity contribution in [1.29, 1.82) is 0 Å². The lowest BCUT2D eigenvalue weighted by molar-refractivity contribution is -0.141. The van der Waals surface area contributed by atoms with Crippen molar-refractivity contribution < 1.29 is 24.1 Å². The van der Waals surface area contributed by atoms with Gasteiger partial charge >= 0.3 is 5.97 Å². The second kappa shape index (κ2) is 9.27. The number of hydrogen-bond donors (Lipinski definition) is 1. The summed E-state index contributed by atoms with van der Waals surface area (Å²) in [5, 5.41) is 9.96. The Bertz CT molecular complexity index is 1130. The van der Waals surface area contributed by atoms with Gasteiger partial charge in [-0.25, -0.2) is 0 Å². The lowest BCUT2D eigenvalue weighted by Gasteiger charge is -2.25. The molecule has 4 rings (SSSR count). The Labute approximate surface area is 192 Å². The summed E-state index contributed by atoms with van der Waals surface area (Å²) in [5.41, 5.74) is 3.64. The van der Waals surface area contributed by atoms with Gasteiger partial charge in [0.15, 0.2) is 11.5 Å². The minimum absolute atomic E-state index is 0.320. The Balaban J connectivity index is 1.86. The summed E-state index contributed by atoms with van der Waals surface area (Å²) < 4.78 is 20.0. The van der Waals surface area contributed by atoms with E-state index in [4.69, 9.17) is 25.8 Å². The molecule has 0 fully saturated rings. The molecule has 1 N–H and O–H groups in total. The van der Waals surface area contributed by atoms with E-state index in [1.807, 2.05) is 54.7 Å². The van der Waals surface area contributed by atoms with Crippen molar-refractivity contribution in [2.75, 3.05) is 14.2 Å². The molecule has 3 aromatic rings. The van der Waals surface area contributed by atoms with E-state index in [0.29, 0.717) is 29.4 Å². The Morgan fingerprint density at radius 2 is 1.97 bits per heavy atom. The number of carbonyl (C=O) groups is 1. The number of fused-ring (bicyclic) bond motifs is 3. The summed E-state index contributed by atoms with van der Waals surface area (Å²) in [6.45, 7) is 1.72. The molecule has 6 nitrogen and oxygen atoms in total. The molecule has 0 bridgehead atoms. The zero-order valence-corrected chi connectivity index (χ0v) is 19.0. The molecule has 0 saturated heterocycles. The maximum atomic E-state index is 11.4. The second-order valence-electron chi connectivity index (χ2n) is 7.91. The number of methoxy groups -OCH3 is 2. The van der Waals surface area contributed by atoms with Crippen LogP contribution in [0, 0.1) is 5.92 Å². The molecule has 32 heavy (non-hydrogen) atoms. The summed E-state index contributed by atoms with van der Waals surface area (Å²) in [4.78, 5) is 11.4. The van der Waals surface area contributed by atoms with Gasteiger partial charge in [-0.15, -0.1) is 0 Å². The third-order valence-corrected chi connectivity index (χ3v) is 6.18. The van der Waals surface area contributed by atoms with Crippen LogP contribution in [0.3, 0.4) is 0 Å². The van der Waals surface area contributed by atoms with Crippen LogP contribution in [0.15, 0.2) is 54.7 Å². The lowest BCUT2D eigenvalue weighted by Crippen LogP contribution is -2.15. The highest BCUT2D eigenvalue weighted by atomic mass is 35.5. The number of benzene rings is 2. The Morgan fingerprint density at radius 1 is 1.16 bits per heavy atom. The monoisotopic (exact) mass is 455 g/mol. The molecule has 0 aliphatic carbocycles. The van der Waals surface area contributed by atoms with E-state index in [9.17, 15) is 9.90 Å². The molecule has 0 radical (unpaired) electrons. The van der Waals surface area contributed by atoms with E-state index in [1.54, 1.807) is 21.1 Å². The molecule has 1 aromatic heterocycles. The van der Waals surface area contributed by atoms with Crippen LogP contribution in [0.25, 0.3) is 5.69 Å². The molecular weight excluding hydrogens is 430 g/mol. The number of carboxylic acid groups (broad SMARTS) is 1. The van der Waals surface area contributed by atoms with E-state index >= 15 is 0 Å². The topological polar surface area (TPSA) is 69.9 Å². The summed E-state index contributed by atoms with van der Waals surface area (Å²) in [5.74, 6) is -0.0748. The molecule has 2 aromatic carbocycles. The molecule has 2 heterocycles. The summed E-state index contributed by atoms with van der Waals surface area (Å²) in [7, 11) is 3.20. The van der Waals surface area contributed by atoms with Gasteiger partial charge in [0, 0.05) is 22.3 Å². The fourth-order valence-corrected chi connectivity index (χ4v) is 4.42. The number of para-hydroxylation sites is 1. The van der Waals surface area contributed by atoms with Crippen molar-refractivity contribution in [3.05, 3.63) is 76.6 Å². The van der Waals surface area contributed by atoms with Crippen LogP contribution < -0.4 is 9.47 Å². The van der Waals surface area contributed by atoms with E-state index in [1.165, 1.54) is 0 Å². The first-order valence-electron chi connectivity index (χ1n) is 10.5. The van der Waals surface area contributed by atoms with Gasteiger partial charge in [-0.3, -0.25) is 4.79 Å². The number of nitrogens with zero attached hydrogens (tertiary/aromatic N) is 1. The number of hydrogen-bond acceptors (Lipinski definition) is 4. The van der Waals surface area contributed by atoms with Crippen molar-refractivity contribution in [1.82, 2.24) is 4.57 Å². The fraction of sp³-hybridized carbons (Fsp3) is 0.320. The van der Waals surface area contributed by atoms with Crippen LogP contribution >= 0.6 is 11.6 Å². The predicted octanol–water partition coefficient (Wildman–Crippen LogP) is 5.81. The molecule has 0 amide bonds. The first kappa shape index (κ1) is 22.2. The molecule has 1 aliphatic heterocycles. The summed E-state index contributed by atoms with van der Waals surface area (Å²) in [6, 6.07) is 15.4. The van der Waals surface area contributed by atoms with Gasteiger partial charge in [-0.05, 0) is 49.2 Å². The van der Waals surface area contributed by atoms with Crippen molar-refractivity contribution in [3.8, 4) is 17.2 Å². The Kier molecular flexibility index (Phi) is 6.44. The molecular formula is C25H26ClNO5. The van der Waals surface area contributed by atoms with E-state index in [-0.39, 0.29) is 6.10 Å². The van der Waals surface area contributed by atoms with Crippen molar-refractivity contribution in [3.63, 3.8) is 0 Å². The molecule has 0 spiro atoms. The van der Waals surface area contributed by atoms with Gasteiger partial charge in [-0.2, -0.15) is 0 Å². The number of rotatable bonds is 7. The van der Waals surface area contributed by atoms with Crippen LogP contribution in [-0.2, 0) is 9.53 Å². The zero-order chi connectivity index (χ0) is 22.8. The average molecular weight is 456 g/mol. The van der Waals surface area contributed by atoms with E-state index in [0.717, 1.165) is 22.5 Å². The van der Waals surface area contributed by atoms with E-state index < -0.39 is 18.0 Å². The van der Waals surface area contributed by atoms with Gasteiger partial charge < -0.3 is 23.9 Å². The van der Waals surface area contributed by atoms with Gasteiger partial charge in [0.25, 0.3) is 0 Å². The van der Waals surface area contributed by atoms with Gasteiger partial charge in [0.05, 0.1) is 37.6 Å². The van der Waals surface area contributed by atoms with E-state index in [2.05, 4.69) is 4.57 Å². The van der Waals surface area contributed by atoms with Crippen LogP contribution in [0.4, 0.5) is 0 Å². The van der Waals surface area contributed by atoms with Crippen molar-refractivity contribution >= 4 is 17.6 Å². The highest BCUT2D eigenvalue weighted by Crippen LogP contribution is 2.46. The normalized spacial score (nSPS) is 18.2. The highest BCUT2D eigenvalue weighted by Gasteiger charge is 2.33. The van der Waals surface area contributed by atoms with Crippen LogP contribution in [-0.4, -0.2) is 29.9 Å². The second-order valence-corrected chi connectivity index (χ2v) is 8.35. The number of carboxylic acids is 1. The number of aliphatic carboxylic acids is 1. The van der Waals surface area contributed by atoms with Gasteiger partial charge in [0.1, 0.15) is 6.10 Å². The fourth-order valence-electron chi connectivity index (χ4n) is 4.24. The maximum Gasteiger partial charge on any atom is 0.306 e. The van der Waals surface area contributed by atoms with Crippen LogP contribution in [0.5, 0.6) is 11.5 Å². The molecule has 0 saturated carbocycles. The van der Waals surface area contributed by atoms with Gasteiger partial charge in [-0.1, -0.05) is 30.7 Å². The van der Waals surface area contributed by atoms with Crippen LogP contribution in [0.2, 0.25) is 5.02 Å². The average Bonchev–Trinajstić information content (AvgIpc) is 3.23. The third kappa shape index (κ3) is 4.08. The quantitative estimate of drug-likeness (QED) is 0.486. The Hall–Kier alpha value is -2.96. The number of aromatic nitrogens is 1. The molecule has 3 atom stereocenters. The molecule has 7 heteroatoms. The van der Waals surface area contributed by atoms with Crippen molar-refractivity contribution in [2.24, 2.45) is 5.92 Å². The van der Waals surface area contributed by atoms with Crippen molar-refractivity contribution in [2.45, 2.75) is 32.0 Å². The smallest absolute Gasteiger partial charge is 0.306 e. The number of ether oxygens (including phenoxy) is 3. The predicted molar refractivity (Wildman–Crippen MR) is 122 cm³/mol. The lowest BCUT2D eigenvalue weighted by atomic mass is 9.97. The highest BCUT2D eigenvalue weighted by molar-refractivity contribution is 6.30. The molecule has 1 aliphatic rings. The first-order valence-corrected chi connectivity index (χ1v) is 10.9. The largest absolute Gasteiger partial charge is 0.493 e. The minimum atomic E-state index is -0.810. The van der Waals surface area contributed by atoms with Crippen LogP contribution in [0.1, 0.15) is 48.8 Å².